The second kappa shape index (κ2) is 7.32. The van der Waals surface area contributed by atoms with E-state index >= 15 is 0 Å². The number of piperidine rings is 1. The fourth-order valence-electron chi connectivity index (χ4n) is 3.73. The van der Waals surface area contributed by atoms with E-state index in [0.29, 0.717) is 13.0 Å². The van der Waals surface area contributed by atoms with Gasteiger partial charge in [0.05, 0.1) is 25.2 Å². The predicted octanol–water partition coefficient (Wildman–Crippen LogP) is 3.11. The van der Waals surface area contributed by atoms with Gasteiger partial charge in [0.2, 0.25) is 5.91 Å². The van der Waals surface area contributed by atoms with Crippen LogP contribution in [0.2, 0.25) is 0 Å². The topological polar surface area (TPSA) is 38.8 Å². The van der Waals surface area contributed by atoms with Crippen LogP contribution < -0.4 is 0 Å². The molecule has 2 aliphatic heterocycles. The van der Waals surface area contributed by atoms with E-state index in [2.05, 4.69) is 19.2 Å². The molecule has 0 radical (unpaired) electrons. The maximum Gasteiger partial charge on any atom is 0.227 e. The number of nitrogens with zero attached hydrogens (tertiary/aromatic N) is 1. The average molecular weight is 337 g/mol. The molecule has 0 saturated carbocycles. The Morgan fingerprint density at radius 3 is 3.17 bits per heavy atom. The zero-order valence-corrected chi connectivity index (χ0v) is 14.9. The molecule has 2 saturated heterocycles. The first-order valence-electron chi connectivity index (χ1n) is 8.61. The number of amides is 1. The summed E-state index contributed by atoms with van der Waals surface area (Å²) in [7, 11) is 0. The number of carbonyl (C=O) groups excluding carboxylic acids is 1. The minimum Gasteiger partial charge on any atom is -0.378 e. The van der Waals surface area contributed by atoms with Gasteiger partial charge in [0, 0.05) is 25.1 Å². The smallest absolute Gasteiger partial charge is 0.227 e. The Morgan fingerprint density at radius 1 is 1.57 bits per heavy atom. The van der Waals surface area contributed by atoms with E-state index < -0.39 is 0 Å². The largest absolute Gasteiger partial charge is 0.378 e. The van der Waals surface area contributed by atoms with E-state index in [1.165, 1.54) is 0 Å². The molecule has 0 bridgehead atoms. The van der Waals surface area contributed by atoms with Crippen molar-refractivity contribution in [3.63, 3.8) is 0 Å². The zero-order chi connectivity index (χ0) is 16.3. The first kappa shape index (κ1) is 16.9. The van der Waals surface area contributed by atoms with E-state index in [-0.39, 0.29) is 23.5 Å². The Kier molecular flexibility index (Phi) is 5.39. The van der Waals surface area contributed by atoms with Crippen LogP contribution >= 0.6 is 11.3 Å². The molecule has 3 heterocycles. The molecule has 0 spiro atoms. The first-order chi connectivity index (χ1) is 11.1. The molecule has 128 valence electrons. The molecular weight excluding hydrogens is 310 g/mol. The summed E-state index contributed by atoms with van der Waals surface area (Å²) < 4.78 is 12.0. The summed E-state index contributed by atoms with van der Waals surface area (Å²) >= 11 is 1.65. The van der Waals surface area contributed by atoms with Crippen LogP contribution in [0.1, 0.15) is 38.7 Å². The minimum absolute atomic E-state index is 0.0227. The highest BCUT2D eigenvalue weighted by atomic mass is 32.1. The van der Waals surface area contributed by atoms with Crippen LogP contribution in [0.4, 0.5) is 0 Å². The summed E-state index contributed by atoms with van der Waals surface area (Å²) in [6.07, 6.45) is 4.04. The molecule has 4 nitrogen and oxygen atoms in total. The number of hydrogen-bond donors (Lipinski definition) is 0. The lowest BCUT2D eigenvalue weighted by molar-refractivity contribution is -0.167. The van der Waals surface area contributed by atoms with Crippen molar-refractivity contribution < 1.29 is 14.3 Å². The van der Waals surface area contributed by atoms with Crippen molar-refractivity contribution in [3.05, 3.63) is 22.4 Å². The molecule has 23 heavy (non-hydrogen) atoms. The molecular formula is C18H27NO3S. The third-order valence-electron chi connectivity index (χ3n) is 4.98. The summed E-state index contributed by atoms with van der Waals surface area (Å²) in [5.74, 6) is 0.233. The van der Waals surface area contributed by atoms with Crippen LogP contribution in [0, 0.1) is 5.41 Å². The SMILES string of the molecule is CC(C)OC[C@@]12CCCO[C@H]1CCN(C(=O)Cc1ccsc1)C2. The van der Waals surface area contributed by atoms with Crippen molar-refractivity contribution in [2.24, 2.45) is 5.41 Å². The number of likely N-dealkylation sites (tertiary alicyclic amines) is 1. The summed E-state index contributed by atoms with van der Waals surface area (Å²) in [6, 6.07) is 2.04. The number of thiophene rings is 1. The van der Waals surface area contributed by atoms with Crippen LogP contribution in [-0.2, 0) is 20.7 Å². The van der Waals surface area contributed by atoms with E-state index in [4.69, 9.17) is 9.47 Å². The van der Waals surface area contributed by atoms with Gasteiger partial charge in [0.15, 0.2) is 0 Å². The van der Waals surface area contributed by atoms with Gasteiger partial charge in [-0.3, -0.25) is 4.79 Å². The Balaban J connectivity index is 1.68. The Hall–Kier alpha value is -0.910. The molecule has 0 unspecified atom stereocenters. The Labute approximate surface area is 142 Å². The van der Waals surface area contributed by atoms with Gasteiger partial charge in [0.25, 0.3) is 0 Å². The van der Waals surface area contributed by atoms with Gasteiger partial charge < -0.3 is 14.4 Å². The monoisotopic (exact) mass is 337 g/mol. The molecule has 1 aromatic rings. The molecule has 5 heteroatoms. The lowest BCUT2D eigenvalue weighted by Crippen LogP contribution is -2.58. The first-order valence-corrected chi connectivity index (χ1v) is 9.55. The Morgan fingerprint density at radius 2 is 2.43 bits per heavy atom. The average Bonchev–Trinajstić information content (AvgIpc) is 3.05. The molecule has 2 fully saturated rings. The van der Waals surface area contributed by atoms with Crippen molar-refractivity contribution in [1.29, 1.82) is 0 Å². The highest BCUT2D eigenvalue weighted by Gasteiger charge is 2.47. The highest BCUT2D eigenvalue weighted by Crippen LogP contribution is 2.40. The van der Waals surface area contributed by atoms with Crippen LogP contribution in [0.5, 0.6) is 0 Å². The van der Waals surface area contributed by atoms with E-state index in [0.717, 1.165) is 44.5 Å². The molecule has 1 amide bonds. The number of rotatable bonds is 5. The molecule has 2 atom stereocenters. The van der Waals surface area contributed by atoms with Crippen molar-refractivity contribution in [2.45, 2.75) is 51.7 Å². The minimum atomic E-state index is -0.0227. The molecule has 1 aromatic heterocycles. The lowest BCUT2D eigenvalue weighted by atomic mass is 9.73. The van der Waals surface area contributed by atoms with Crippen LogP contribution in [-0.4, -0.2) is 49.3 Å². The van der Waals surface area contributed by atoms with Gasteiger partial charge in [-0.25, -0.2) is 0 Å². The summed E-state index contributed by atoms with van der Waals surface area (Å²) in [4.78, 5) is 14.7. The number of carbonyl (C=O) groups is 1. The quantitative estimate of drug-likeness (QED) is 0.829. The van der Waals surface area contributed by atoms with Gasteiger partial charge in [-0.1, -0.05) is 0 Å². The number of fused-ring (bicyclic) bond motifs is 1. The number of hydrogen-bond acceptors (Lipinski definition) is 4. The fraction of sp³-hybridized carbons (Fsp3) is 0.722. The van der Waals surface area contributed by atoms with Gasteiger partial charge in [0.1, 0.15) is 0 Å². The third-order valence-corrected chi connectivity index (χ3v) is 5.71. The highest BCUT2D eigenvalue weighted by molar-refractivity contribution is 7.07. The lowest BCUT2D eigenvalue weighted by Gasteiger charge is -2.50. The van der Waals surface area contributed by atoms with Crippen molar-refractivity contribution in [3.8, 4) is 0 Å². The molecule has 3 rings (SSSR count). The van der Waals surface area contributed by atoms with E-state index in [1.807, 2.05) is 16.3 Å². The van der Waals surface area contributed by atoms with Crippen molar-refractivity contribution in [1.82, 2.24) is 4.90 Å². The van der Waals surface area contributed by atoms with Gasteiger partial charge in [-0.2, -0.15) is 11.3 Å². The summed E-state index contributed by atoms with van der Waals surface area (Å²) in [5.41, 5.74) is 1.10. The maximum atomic E-state index is 12.7. The second-order valence-corrected chi connectivity index (χ2v) is 7.88. The van der Waals surface area contributed by atoms with Gasteiger partial charge in [-0.05, 0) is 55.5 Å². The molecule has 0 aliphatic carbocycles. The number of ether oxygens (including phenoxy) is 2. The molecule has 2 aliphatic rings. The second-order valence-electron chi connectivity index (χ2n) is 7.10. The maximum absolute atomic E-state index is 12.7. The van der Waals surface area contributed by atoms with Crippen LogP contribution in [0.15, 0.2) is 16.8 Å². The van der Waals surface area contributed by atoms with Crippen molar-refractivity contribution in [2.75, 3.05) is 26.3 Å². The normalized spacial score (nSPS) is 28.0. The van der Waals surface area contributed by atoms with E-state index in [1.54, 1.807) is 11.3 Å². The van der Waals surface area contributed by atoms with Crippen molar-refractivity contribution >= 4 is 17.2 Å². The standard InChI is InChI=1S/C18H27NO3S/c1-14(2)22-13-18-6-3-8-21-16(18)4-7-19(12-18)17(20)10-15-5-9-23-11-15/h5,9,11,14,16H,3-4,6-8,10,12-13H2,1-2H3/t16-,18-/m0/s1. The van der Waals surface area contributed by atoms with Gasteiger partial charge in [-0.15, -0.1) is 0 Å². The summed E-state index contributed by atoms with van der Waals surface area (Å²) in [6.45, 7) is 7.24. The van der Waals surface area contributed by atoms with Gasteiger partial charge >= 0.3 is 0 Å². The summed E-state index contributed by atoms with van der Waals surface area (Å²) in [5, 5.41) is 4.09. The Bertz CT molecular complexity index is 516. The molecule has 0 N–H and O–H groups in total. The fourth-order valence-corrected chi connectivity index (χ4v) is 4.39. The van der Waals surface area contributed by atoms with Crippen LogP contribution in [0.25, 0.3) is 0 Å². The predicted molar refractivity (Wildman–Crippen MR) is 91.7 cm³/mol. The third kappa shape index (κ3) is 3.95. The van der Waals surface area contributed by atoms with Crippen LogP contribution in [0.3, 0.4) is 0 Å². The zero-order valence-electron chi connectivity index (χ0n) is 14.1. The molecule has 0 aromatic carbocycles. The van der Waals surface area contributed by atoms with E-state index in [9.17, 15) is 4.79 Å².